The lowest BCUT2D eigenvalue weighted by Crippen LogP contribution is -2.24. The van der Waals surface area contributed by atoms with Gasteiger partial charge in [0.05, 0.1) is 30.0 Å². The third-order valence-corrected chi connectivity index (χ3v) is 4.98. The number of nitrogens with one attached hydrogen (secondary N) is 1. The number of fused-ring (bicyclic) bond motifs is 1. The predicted molar refractivity (Wildman–Crippen MR) is 116 cm³/mol. The smallest absolute Gasteiger partial charge is 0.387 e. The van der Waals surface area contributed by atoms with Crippen LogP contribution in [0.3, 0.4) is 0 Å². The number of imidazole rings is 1. The van der Waals surface area contributed by atoms with Gasteiger partial charge in [-0.1, -0.05) is 42.5 Å². The Labute approximate surface area is 183 Å². The molecule has 164 valence electrons. The molecule has 8 heteroatoms. The summed E-state index contributed by atoms with van der Waals surface area (Å²) in [6.07, 6.45) is 1.80. The van der Waals surface area contributed by atoms with E-state index in [1.807, 2.05) is 48.5 Å². The number of nitrogens with zero attached hydrogens (tertiary/aromatic N) is 2. The normalized spacial score (nSPS) is 11.0. The Kier molecular flexibility index (Phi) is 6.30. The SMILES string of the molecule is COc1cccc(C(=O)NCc2cccc(Cn3cnc4ccccc43)c2)c1OC(F)F. The fourth-order valence-corrected chi connectivity index (χ4v) is 3.51. The van der Waals surface area contributed by atoms with Gasteiger partial charge in [-0.05, 0) is 35.4 Å². The molecule has 0 bridgehead atoms. The first-order valence-corrected chi connectivity index (χ1v) is 9.93. The van der Waals surface area contributed by atoms with E-state index in [0.29, 0.717) is 6.54 Å². The van der Waals surface area contributed by atoms with Gasteiger partial charge in [0.2, 0.25) is 0 Å². The molecule has 0 saturated carbocycles. The number of hydrogen-bond donors (Lipinski definition) is 1. The third-order valence-electron chi connectivity index (χ3n) is 4.98. The third kappa shape index (κ3) is 4.69. The highest BCUT2D eigenvalue weighted by molar-refractivity contribution is 5.97. The molecule has 3 aromatic carbocycles. The number of alkyl halides is 2. The topological polar surface area (TPSA) is 65.4 Å². The lowest BCUT2D eigenvalue weighted by atomic mass is 10.1. The van der Waals surface area contributed by atoms with Gasteiger partial charge in [-0.15, -0.1) is 0 Å². The van der Waals surface area contributed by atoms with Crippen LogP contribution >= 0.6 is 0 Å². The van der Waals surface area contributed by atoms with E-state index in [-0.39, 0.29) is 23.6 Å². The van der Waals surface area contributed by atoms with Crippen LogP contribution in [0.4, 0.5) is 8.78 Å². The summed E-state index contributed by atoms with van der Waals surface area (Å²) in [7, 11) is 1.32. The van der Waals surface area contributed by atoms with E-state index in [1.165, 1.54) is 19.2 Å². The first-order valence-electron chi connectivity index (χ1n) is 9.93. The zero-order valence-electron chi connectivity index (χ0n) is 17.3. The van der Waals surface area contributed by atoms with Gasteiger partial charge in [0.25, 0.3) is 5.91 Å². The zero-order chi connectivity index (χ0) is 22.5. The molecule has 4 rings (SSSR count). The van der Waals surface area contributed by atoms with Crippen LogP contribution in [-0.2, 0) is 13.1 Å². The van der Waals surface area contributed by atoms with Crippen molar-refractivity contribution in [1.82, 2.24) is 14.9 Å². The van der Waals surface area contributed by atoms with Crippen molar-refractivity contribution in [2.75, 3.05) is 7.11 Å². The monoisotopic (exact) mass is 437 g/mol. The number of para-hydroxylation sites is 3. The van der Waals surface area contributed by atoms with E-state index in [9.17, 15) is 13.6 Å². The van der Waals surface area contributed by atoms with Crippen LogP contribution in [0.5, 0.6) is 11.5 Å². The molecule has 1 heterocycles. The summed E-state index contributed by atoms with van der Waals surface area (Å²) < 4.78 is 37.3. The maximum absolute atomic E-state index is 12.8. The summed E-state index contributed by atoms with van der Waals surface area (Å²) in [4.78, 5) is 17.1. The Morgan fingerprint density at radius 1 is 1.06 bits per heavy atom. The molecule has 0 atom stereocenters. The van der Waals surface area contributed by atoms with Gasteiger partial charge in [0.1, 0.15) is 0 Å². The predicted octanol–water partition coefficient (Wildman–Crippen LogP) is 4.62. The minimum Gasteiger partial charge on any atom is -0.493 e. The van der Waals surface area contributed by atoms with Crippen molar-refractivity contribution in [3.63, 3.8) is 0 Å². The van der Waals surface area contributed by atoms with Crippen LogP contribution < -0.4 is 14.8 Å². The fraction of sp³-hybridized carbons (Fsp3) is 0.167. The van der Waals surface area contributed by atoms with Crippen molar-refractivity contribution in [2.45, 2.75) is 19.7 Å². The summed E-state index contributed by atoms with van der Waals surface area (Å²) in [6.45, 7) is -2.22. The quantitative estimate of drug-likeness (QED) is 0.437. The van der Waals surface area contributed by atoms with Gasteiger partial charge in [0, 0.05) is 13.1 Å². The number of hydrogen-bond acceptors (Lipinski definition) is 4. The van der Waals surface area contributed by atoms with Crippen LogP contribution in [0.2, 0.25) is 0 Å². The standard InChI is InChI=1S/C24H21F2N3O3/c1-31-21-11-5-8-18(22(21)32-24(25)26)23(30)27-13-16-6-4-7-17(12-16)14-29-15-28-19-9-2-3-10-20(19)29/h2-12,15,24H,13-14H2,1H3,(H,27,30). The average molecular weight is 437 g/mol. The van der Waals surface area contributed by atoms with Crippen LogP contribution in [0.25, 0.3) is 11.0 Å². The van der Waals surface area contributed by atoms with Gasteiger partial charge >= 0.3 is 6.61 Å². The van der Waals surface area contributed by atoms with Crippen molar-refractivity contribution >= 4 is 16.9 Å². The molecule has 1 N–H and O–H groups in total. The lowest BCUT2D eigenvalue weighted by molar-refractivity contribution is -0.0515. The molecule has 1 aromatic heterocycles. The van der Waals surface area contributed by atoms with Gasteiger partial charge < -0.3 is 19.4 Å². The van der Waals surface area contributed by atoms with E-state index >= 15 is 0 Å². The van der Waals surface area contributed by atoms with Crippen molar-refractivity contribution in [3.05, 3.63) is 89.7 Å². The largest absolute Gasteiger partial charge is 0.493 e. The molecule has 1 amide bonds. The van der Waals surface area contributed by atoms with E-state index in [1.54, 1.807) is 12.4 Å². The van der Waals surface area contributed by atoms with Crippen molar-refractivity contribution in [1.29, 1.82) is 0 Å². The van der Waals surface area contributed by atoms with Crippen LogP contribution in [0, 0.1) is 0 Å². The molecular weight excluding hydrogens is 416 g/mol. The Morgan fingerprint density at radius 2 is 1.84 bits per heavy atom. The molecule has 6 nitrogen and oxygen atoms in total. The number of rotatable bonds is 8. The Bertz CT molecular complexity index is 1240. The Morgan fingerprint density at radius 3 is 2.66 bits per heavy atom. The molecular formula is C24H21F2N3O3. The first kappa shape index (κ1) is 21.3. The maximum atomic E-state index is 12.8. The number of halogens is 2. The highest BCUT2D eigenvalue weighted by atomic mass is 19.3. The second kappa shape index (κ2) is 9.47. The Hall–Kier alpha value is -3.94. The van der Waals surface area contributed by atoms with Crippen LogP contribution in [0.1, 0.15) is 21.5 Å². The summed E-state index contributed by atoms with van der Waals surface area (Å²) in [5.74, 6) is -0.763. The van der Waals surface area contributed by atoms with Gasteiger partial charge in [-0.25, -0.2) is 4.98 Å². The van der Waals surface area contributed by atoms with E-state index in [2.05, 4.69) is 19.6 Å². The minimum absolute atomic E-state index is 0.0225. The molecule has 0 radical (unpaired) electrons. The number of ether oxygens (including phenoxy) is 2. The first-order chi connectivity index (χ1) is 15.5. The van der Waals surface area contributed by atoms with Crippen molar-refractivity contribution in [3.8, 4) is 11.5 Å². The van der Waals surface area contributed by atoms with E-state index < -0.39 is 12.5 Å². The summed E-state index contributed by atoms with van der Waals surface area (Å²) >= 11 is 0. The van der Waals surface area contributed by atoms with Gasteiger partial charge in [0.15, 0.2) is 11.5 Å². The van der Waals surface area contributed by atoms with E-state index in [4.69, 9.17) is 4.74 Å². The summed E-state index contributed by atoms with van der Waals surface area (Å²) in [5, 5.41) is 2.76. The highest BCUT2D eigenvalue weighted by Gasteiger charge is 2.20. The Balaban J connectivity index is 1.47. The number of methoxy groups -OCH3 is 1. The molecule has 0 aliphatic heterocycles. The van der Waals surface area contributed by atoms with E-state index in [0.717, 1.165) is 22.2 Å². The van der Waals surface area contributed by atoms with Gasteiger partial charge in [-0.3, -0.25) is 4.79 Å². The molecule has 0 fully saturated rings. The highest BCUT2D eigenvalue weighted by Crippen LogP contribution is 2.32. The molecule has 0 unspecified atom stereocenters. The van der Waals surface area contributed by atoms with Crippen LogP contribution in [-0.4, -0.2) is 29.2 Å². The zero-order valence-corrected chi connectivity index (χ0v) is 17.3. The van der Waals surface area contributed by atoms with Crippen molar-refractivity contribution in [2.24, 2.45) is 0 Å². The number of aromatic nitrogens is 2. The number of benzene rings is 3. The molecule has 0 aliphatic carbocycles. The average Bonchev–Trinajstić information content (AvgIpc) is 3.20. The molecule has 0 saturated heterocycles. The summed E-state index contributed by atoms with van der Waals surface area (Å²) in [6, 6.07) is 20.1. The van der Waals surface area contributed by atoms with Crippen LogP contribution in [0.15, 0.2) is 73.1 Å². The molecule has 4 aromatic rings. The number of amides is 1. The second-order valence-electron chi connectivity index (χ2n) is 7.08. The summed E-state index contributed by atoms with van der Waals surface area (Å²) in [5.41, 5.74) is 3.86. The lowest BCUT2D eigenvalue weighted by Gasteiger charge is -2.14. The fourth-order valence-electron chi connectivity index (χ4n) is 3.51. The molecule has 0 aliphatic rings. The van der Waals surface area contributed by atoms with Crippen molar-refractivity contribution < 1.29 is 23.0 Å². The molecule has 32 heavy (non-hydrogen) atoms. The number of carbonyl (C=O) groups excluding carboxylic acids is 1. The minimum atomic E-state index is -3.08. The molecule has 0 spiro atoms. The second-order valence-corrected chi connectivity index (χ2v) is 7.08. The van der Waals surface area contributed by atoms with Gasteiger partial charge in [-0.2, -0.15) is 8.78 Å². The maximum Gasteiger partial charge on any atom is 0.387 e. The number of carbonyl (C=O) groups is 1.